The van der Waals surface area contributed by atoms with Crippen molar-refractivity contribution >= 4 is 17.5 Å². The van der Waals surface area contributed by atoms with Gasteiger partial charge in [-0.1, -0.05) is 49.8 Å². The van der Waals surface area contributed by atoms with Crippen LogP contribution < -0.4 is 11.1 Å². The highest BCUT2D eigenvalue weighted by atomic mass is 16.5. The maximum absolute atomic E-state index is 12.9. The lowest BCUT2D eigenvalue weighted by Gasteiger charge is -2.19. The molecule has 1 aromatic rings. The Labute approximate surface area is 186 Å². The van der Waals surface area contributed by atoms with Crippen LogP contribution in [0.5, 0.6) is 0 Å². The molecule has 3 N–H and O–H groups in total. The van der Waals surface area contributed by atoms with Gasteiger partial charge in [0.2, 0.25) is 0 Å². The van der Waals surface area contributed by atoms with Crippen molar-refractivity contribution < 1.29 is 9.53 Å². The van der Waals surface area contributed by atoms with E-state index in [9.17, 15) is 4.79 Å². The number of hydrogen-bond acceptors (Lipinski definition) is 5. The highest BCUT2D eigenvalue weighted by Crippen LogP contribution is 2.21. The van der Waals surface area contributed by atoms with Gasteiger partial charge in [-0.05, 0) is 59.1 Å². The predicted molar refractivity (Wildman–Crippen MR) is 129 cm³/mol. The van der Waals surface area contributed by atoms with Gasteiger partial charge in [0.15, 0.2) is 11.5 Å². The highest BCUT2D eigenvalue weighted by Gasteiger charge is 2.21. The number of hydrogen-bond donors (Lipinski definition) is 2. The maximum atomic E-state index is 12.9. The molecule has 168 valence electrons. The Morgan fingerprint density at radius 3 is 2.45 bits per heavy atom. The third-order valence-corrected chi connectivity index (χ3v) is 4.68. The van der Waals surface area contributed by atoms with Crippen molar-refractivity contribution in [1.82, 2.24) is 15.3 Å². The number of nitrogens with one attached hydrogen (secondary N) is 1. The second kappa shape index (κ2) is 13.2. The SMILES string of the molecule is C/C=C\C=C/C(=C(C)CC)C(C)NC(=O)c1nc(C)c(/C(=C\CC)O/C=C\C)nc1N. The van der Waals surface area contributed by atoms with Gasteiger partial charge < -0.3 is 15.8 Å². The number of nitrogens with two attached hydrogens (primary N) is 1. The zero-order valence-corrected chi connectivity index (χ0v) is 19.8. The second-order valence-corrected chi connectivity index (χ2v) is 7.12. The van der Waals surface area contributed by atoms with E-state index < -0.39 is 0 Å². The molecule has 31 heavy (non-hydrogen) atoms. The number of allylic oxidation sites excluding steroid dienone is 6. The standard InChI is InChI=1S/C25H36N4O2/c1-8-12-13-15-20(17(5)11-4)18(6)28-25(30)23-24(26)29-22(19(7)27-23)21(14-9-2)31-16-10-3/h8,10,12-16,18H,9,11H2,1-7H3,(H2,26,29)(H,28,30)/b12-8-,15-13-,16-10-,20-17?,21-14+. The molecular formula is C25H36N4O2. The highest BCUT2D eigenvalue weighted by molar-refractivity contribution is 5.97. The fourth-order valence-corrected chi connectivity index (χ4v) is 2.93. The number of anilines is 1. The summed E-state index contributed by atoms with van der Waals surface area (Å²) >= 11 is 0. The normalized spacial score (nSPS) is 14.4. The summed E-state index contributed by atoms with van der Waals surface area (Å²) in [7, 11) is 0. The van der Waals surface area contributed by atoms with Crippen molar-refractivity contribution in [2.75, 3.05) is 5.73 Å². The maximum Gasteiger partial charge on any atom is 0.274 e. The van der Waals surface area contributed by atoms with E-state index in [4.69, 9.17) is 10.5 Å². The Hall–Kier alpha value is -3.15. The van der Waals surface area contributed by atoms with Gasteiger partial charge in [0, 0.05) is 0 Å². The van der Waals surface area contributed by atoms with Crippen molar-refractivity contribution in [3.05, 3.63) is 70.9 Å². The summed E-state index contributed by atoms with van der Waals surface area (Å²) in [5, 5.41) is 3.00. The van der Waals surface area contributed by atoms with Crippen LogP contribution in [0.2, 0.25) is 0 Å². The summed E-state index contributed by atoms with van der Waals surface area (Å²) in [4.78, 5) is 21.8. The van der Waals surface area contributed by atoms with Gasteiger partial charge in [-0.2, -0.15) is 0 Å². The quantitative estimate of drug-likeness (QED) is 0.374. The average molecular weight is 425 g/mol. The lowest BCUT2D eigenvalue weighted by Crippen LogP contribution is -2.35. The molecule has 0 saturated heterocycles. The molecule has 6 heteroatoms. The molecule has 0 aliphatic rings. The number of nitrogen functional groups attached to an aromatic ring is 1. The van der Waals surface area contributed by atoms with E-state index in [0.717, 1.165) is 18.4 Å². The van der Waals surface area contributed by atoms with Crippen LogP contribution in [-0.4, -0.2) is 21.9 Å². The third kappa shape index (κ3) is 7.55. The van der Waals surface area contributed by atoms with E-state index >= 15 is 0 Å². The number of carbonyl (C=O) groups is 1. The number of nitrogens with zero attached hydrogens (tertiary/aromatic N) is 2. The van der Waals surface area contributed by atoms with Gasteiger partial charge >= 0.3 is 0 Å². The Kier molecular flexibility index (Phi) is 11.0. The van der Waals surface area contributed by atoms with Gasteiger partial charge in [-0.25, -0.2) is 9.97 Å². The summed E-state index contributed by atoms with van der Waals surface area (Å²) in [6.45, 7) is 13.7. The van der Waals surface area contributed by atoms with E-state index in [1.54, 1.807) is 19.3 Å². The zero-order chi connectivity index (χ0) is 23.4. The summed E-state index contributed by atoms with van der Waals surface area (Å²) in [6.07, 6.45) is 14.8. The first-order valence-electron chi connectivity index (χ1n) is 10.7. The van der Waals surface area contributed by atoms with Crippen molar-refractivity contribution in [3.8, 4) is 0 Å². The number of amides is 1. The van der Waals surface area contributed by atoms with Crippen LogP contribution in [0.3, 0.4) is 0 Å². The predicted octanol–water partition coefficient (Wildman–Crippen LogP) is 5.65. The zero-order valence-electron chi connectivity index (χ0n) is 19.8. The molecule has 1 atom stereocenters. The number of aryl methyl sites for hydroxylation is 1. The molecule has 0 saturated carbocycles. The molecule has 0 radical (unpaired) electrons. The smallest absolute Gasteiger partial charge is 0.274 e. The van der Waals surface area contributed by atoms with E-state index in [2.05, 4.69) is 29.1 Å². The summed E-state index contributed by atoms with van der Waals surface area (Å²) in [5.41, 5.74) is 9.59. The molecule has 1 aromatic heterocycles. The first-order chi connectivity index (χ1) is 14.8. The molecule has 0 bridgehead atoms. The van der Waals surface area contributed by atoms with Gasteiger partial charge in [-0.3, -0.25) is 4.79 Å². The third-order valence-electron chi connectivity index (χ3n) is 4.68. The van der Waals surface area contributed by atoms with E-state index in [1.165, 1.54) is 5.57 Å². The minimum absolute atomic E-state index is 0.0681. The summed E-state index contributed by atoms with van der Waals surface area (Å²) in [5.74, 6) is 0.275. The summed E-state index contributed by atoms with van der Waals surface area (Å²) in [6, 6.07) is -0.205. The number of ether oxygens (including phenoxy) is 1. The second-order valence-electron chi connectivity index (χ2n) is 7.12. The first-order valence-corrected chi connectivity index (χ1v) is 10.7. The molecule has 1 amide bonds. The molecule has 0 aromatic carbocycles. The fourth-order valence-electron chi connectivity index (χ4n) is 2.93. The molecule has 0 fully saturated rings. The topological polar surface area (TPSA) is 90.1 Å². The molecular weight excluding hydrogens is 388 g/mol. The molecule has 1 unspecified atom stereocenters. The molecule has 0 aliphatic heterocycles. The first kappa shape index (κ1) is 25.9. The largest absolute Gasteiger partial charge is 0.463 e. The Bertz CT molecular complexity index is 908. The lowest BCUT2D eigenvalue weighted by molar-refractivity contribution is 0.0941. The van der Waals surface area contributed by atoms with Gasteiger partial charge in [-0.15, -0.1) is 0 Å². The number of aromatic nitrogens is 2. The van der Waals surface area contributed by atoms with Crippen LogP contribution in [0.4, 0.5) is 5.82 Å². The number of carbonyl (C=O) groups excluding carboxylic acids is 1. The van der Waals surface area contributed by atoms with E-state index in [0.29, 0.717) is 17.1 Å². The van der Waals surface area contributed by atoms with E-state index in [-0.39, 0.29) is 23.5 Å². The molecule has 6 nitrogen and oxygen atoms in total. The lowest BCUT2D eigenvalue weighted by atomic mass is 10.00. The van der Waals surface area contributed by atoms with Gasteiger partial charge in [0.05, 0.1) is 18.0 Å². The van der Waals surface area contributed by atoms with Gasteiger partial charge in [0.25, 0.3) is 5.91 Å². The van der Waals surface area contributed by atoms with Crippen LogP contribution >= 0.6 is 0 Å². The molecule has 1 rings (SSSR count). The summed E-state index contributed by atoms with van der Waals surface area (Å²) < 4.78 is 5.64. The van der Waals surface area contributed by atoms with Crippen molar-refractivity contribution in [2.45, 2.75) is 67.3 Å². The number of rotatable bonds is 10. The van der Waals surface area contributed by atoms with Crippen LogP contribution in [-0.2, 0) is 4.74 Å². The minimum Gasteiger partial charge on any atom is -0.463 e. The van der Waals surface area contributed by atoms with Crippen LogP contribution in [0.1, 0.15) is 76.3 Å². The molecule has 0 spiro atoms. The van der Waals surface area contributed by atoms with Gasteiger partial charge in [0.1, 0.15) is 11.5 Å². The Morgan fingerprint density at radius 1 is 1.16 bits per heavy atom. The van der Waals surface area contributed by atoms with Crippen molar-refractivity contribution in [3.63, 3.8) is 0 Å². The van der Waals surface area contributed by atoms with Crippen LogP contribution in [0.15, 0.2) is 53.9 Å². The van der Waals surface area contributed by atoms with E-state index in [1.807, 2.05) is 58.1 Å². The Morgan fingerprint density at radius 2 is 1.87 bits per heavy atom. The molecule has 0 aliphatic carbocycles. The van der Waals surface area contributed by atoms with Crippen LogP contribution in [0, 0.1) is 6.92 Å². The average Bonchev–Trinajstić information content (AvgIpc) is 2.74. The minimum atomic E-state index is -0.358. The monoisotopic (exact) mass is 424 g/mol. The van der Waals surface area contributed by atoms with Crippen molar-refractivity contribution in [2.24, 2.45) is 0 Å². The van der Waals surface area contributed by atoms with Crippen LogP contribution in [0.25, 0.3) is 5.76 Å². The fraction of sp³-hybridized carbons (Fsp3) is 0.400. The molecule has 1 heterocycles. The Balaban J connectivity index is 3.21. The van der Waals surface area contributed by atoms with Crippen molar-refractivity contribution in [1.29, 1.82) is 0 Å².